The Labute approximate surface area is 120 Å². The maximum Gasteiger partial charge on any atom is 0.251 e. The highest BCUT2D eigenvalue weighted by atomic mass is 19.2. The lowest BCUT2D eigenvalue weighted by atomic mass is 10.2. The van der Waals surface area contributed by atoms with Crippen LogP contribution in [0.1, 0.15) is 23.2 Å². The number of aliphatic hydroxyl groups excluding tert-OH is 1. The van der Waals surface area contributed by atoms with Crippen molar-refractivity contribution in [2.24, 2.45) is 0 Å². The molecule has 21 heavy (non-hydrogen) atoms. The van der Waals surface area contributed by atoms with Gasteiger partial charge in [0.15, 0.2) is 11.6 Å². The lowest BCUT2D eigenvalue weighted by molar-refractivity contribution is -0.131. The van der Waals surface area contributed by atoms with E-state index in [0.717, 1.165) is 31.0 Å². The van der Waals surface area contributed by atoms with Crippen molar-refractivity contribution in [1.82, 2.24) is 10.2 Å². The third kappa shape index (κ3) is 3.98. The molecule has 0 radical (unpaired) electrons. The van der Waals surface area contributed by atoms with Crippen molar-refractivity contribution in [2.75, 3.05) is 19.7 Å². The molecule has 114 valence electrons. The number of nitrogens with one attached hydrogen (secondary N) is 1. The predicted octanol–water partition coefficient (Wildman–Crippen LogP) is 0.678. The molecular weight excluding hydrogens is 282 g/mol. The number of carbonyl (C=O) groups excluding carboxylic acids is 2. The van der Waals surface area contributed by atoms with E-state index in [4.69, 9.17) is 5.11 Å². The van der Waals surface area contributed by atoms with Crippen molar-refractivity contribution < 1.29 is 23.5 Å². The first-order valence-corrected chi connectivity index (χ1v) is 6.66. The van der Waals surface area contributed by atoms with Gasteiger partial charge in [-0.3, -0.25) is 9.59 Å². The topological polar surface area (TPSA) is 69.6 Å². The van der Waals surface area contributed by atoms with Crippen LogP contribution in [-0.2, 0) is 4.79 Å². The van der Waals surface area contributed by atoms with E-state index in [2.05, 4.69) is 5.32 Å². The third-order valence-corrected chi connectivity index (χ3v) is 3.23. The Balaban J connectivity index is 1.90. The van der Waals surface area contributed by atoms with Gasteiger partial charge in [0.25, 0.3) is 5.91 Å². The number of aliphatic hydroxyl groups is 1. The number of carbonyl (C=O) groups is 2. The number of rotatable bonds is 6. The quantitative estimate of drug-likeness (QED) is 0.811. The number of benzene rings is 1. The third-order valence-electron chi connectivity index (χ3n) is 3.23. The van der Waals surface area contributed by atoms with Crippen LogP contribution in [0, 0.1) is 11.6 Å². The zero-order valence-corrected chi connectivity index (χ0v) is 11.3. The molecule has 2 N–H and O–H groups in total. The molecule has 0 heterocycles. The van der Waals surface area contributed by atoms with Crippen molar-refractivity contribution in [2.45, 2.75) is 18.9 Å². The lowest BCUT2D eigenvalue weighted by Crippen LogP contribution is -2.42. The zero-order chi connectivity index (χ0) is 15.4. The molecule has 1 fully saturated rings. The van der Waals surface area contributed by atoms with Gasteiger partial charge in [-0.2, -0.15) is 0 Å². The van der Waals surface area contributed by atoms with Crippen LogP contribution >= 0.6 is 0 Å². The van der Waals surface area contributed by atoms with Crippen LogP contribution in [0.15, 0.2) is 18.2 Å². The Morgan fingerprint density at radius 2 is 2.00 bits per heavy atom. The minimum absolute atomic E-state index is 0.0539. The molecular formula is C14H16F2N2O3. The summed E-state index contributed by atoms with van der Waals surface area (Å²) in [6.07, 6.45) is 1.78. The fourth-order valence-corrected chi connectivity index (χ4v) is 2.00. The molecule has 0 aliphatic heterocycles. The molecule has 0 aromatic heterocycles. The molecule has 1 aliphatic rings. The number of halogens is 2. The molecule has 0 unspecified atom stereocenters. The summed E-state index contributed by atoms with van der Waals surface area (Å²) in [6, 6.07) is 2.91. The molecule has 1 aromatic rings. The van der Waals surface area contributed by atoms with Gasteiger partial charge >= 0.3 is 0 Å². The van der Waals surface area contributed by atoms with E-state index in [-0.39, 0.29) is 37.2 Å². The van der Waals surface area contributed by atoms with Crippen LogP contribution in [0.3, 0.4) is 0 Å². The molecule has 2 rings (SSSR count). The molecule has 1 aliphatic carbocycles. The second-order valence-corrected chi connectivity index (χ2v) is 4.85. The Bertz CT molecular complexity index is 547. The summed E-state index contributed by atoms with van der Waals surface area (Å²) in [5.41, 5.74) is -0.0539. The van der Waals surface area contributed by atoms with Crippen molar-refractivity contribution >= 4 is 11.8 Å². The first-order valence-electron chi connectivity index (χ1n) is 6.66. The average molecular weight is 298 g/mol. The molecule has 0 spiro atoms. The summed E-state index contributed by atoms with van der Waals surface area (Å²) in [4.78, 5) is 25.2. The second-order valence-electron chi connectivity index (χ2n) is 4.85. The molecule has 0 saturated heterocycles. The van der Waals surface area contributed by atoms with Gasteiger partial charge in [0.05, 0.1) is 13.2 Å². The minimum Gasteiger partial charge on any atom is -0.395 e. The first-order chi connectivity index (χ1) is 10.0. The number of hydrogen-bond donors (Lipinski definition) is 2. The van der Waals surface area contributed by atoms with Crippen LogP contribution in [0.2, 0.25) is 0 Å². The van der Waals surface area contributed by atoms with Gasteiger partial charge in [0.1, 0.15) is 0 Å². The van der Waals surface area contributed by atoms with E-state index in [1.54, 1.807) is 0 Å². The maximum absolute atomic E-state index is 13.0. The van der Waals surface area contributed by atoms with Gasteiger partial charge in [0.2, 0.25) is 5.91 Å². The van der Waals surface area contributed by atoms with Gasteiger partial charge < -0.3 is 15.3 Å². The summed E-state index contributed by atoms with van der Waals surface area (Å²) in [5.74, 6) is -3.11. The predicted molar refractivity (Wildman–Crippen MR) is 70.5 cm³/mol. The smallest absolute Gasteiger partial charge is 0.251 e. The molecule has 5 nitrogen and oxygen atoms in total. The van der Waals surface area contributed by atoms with Crippen LogP contribution in [0.5, 0.6) is 0 Å². The van der Waals surface area contributed by atoms with Crippen molar-refractivity contribution in [3.05, 3.63) is 35.4 Å². The molecule has 0 bridgehead atoms. The summed E-state index contributed by atoms with van der Waals surface area (Å²) in [7, 11) is 0. The summed E-state index contributed by atoms with van der Waals surface area (Å²) >= 11 is 0. The largest absolute Gasteiger partial charge is 0.395 e. The highest BCUT2D eigenvalue weighted by Gasteiger charge is 2.31. The van der Waals surface area contributed by atoms with Crippen molar-refractivity contribution in [3.8, 4) is 0 Å². The van der Waals surface area contributed by atoms with Crippen molar-refractivity contribution in [3.63, 3.8) is 0 Å². The summed E-state index contributed by atoms with van der Waals surface area (Å²) in [5, 5.41) is 11.3. The number of amides is 2. The number of nitrogens with zero attached hydrogens (tertiary/aromatic N) is 1. The zero-order valence-electron chi connectivity index (χ0n) is 11.3. The second kappa shape index (κ2) is 6.62. The van der Waals surface area contributed by atoms with E-state index >= 15 is 0 Å². The molecule has 1 aromatic carbocycles. The Hall–Kier alpha value is -2.02. The van der Waals surface area contributed by atoms with Crippen LogP contribution in [-0.4, -0.2) is 47.6 Å². The highest BCUT2D eigenvalue weighted by Crippen LogP contribution is 2.26. The summed E-state index contributed by atoms with van der Waals surface area (Å²) in [6.45, 7) is -0.155. The van der Waals surface area contributed by atoms with E-state index in [0.29, 0.717) is 0 Å². The SMILES string of the molecule is O=C(NCC(=O)N(CCO)C1CC1)c1ccc(F)c(F)c1. The van der Waals surface area contributed by atoms with Gasteiger partial charge in [-0.1, -0.05) is 0 Å². The number of hydrogen-bond acceptors (Lipinski definition) is 3. The van der Waals surface area contributed by atoms with Gasteiger partial charge in [-0.25, -0.2) is 8.78 Å². The Morgan fingerprint density at radius 1 is 1.29 bits per heavy atom. The molecule has 7 heteroatoms. The molecule has 0 atom stereocenters. The van der Waals surface area contributed by atoms with E-state index in [1.165, 1.54) is 4.90 Å². The molecule has 1 saturated carbocycles. The minimum atomic E-state index is -1.12. The van der Waals surface area contributed by atoms with Crippen molar-refractivity contribution in [1.29, 1.82) is 0 Å². The van der Waals surface area contributed by atoms with Gasteiger partial charge in [-0.15, -0.1) is 0 Å². The van der Waals surface area contributed by atoms with Gasteiger partial charge in [0, 0.05) is 18.2 Å². The summed E-state index contributed by atoms with van der Waals surface area (Å²) < 4.78 is 25.8. The van der Waals surface area contributed by atoms with Crippen LogP contribution < -0.4 is 5.32 Å². The Morgan fingerprint density at radius 3 is 2.57 bits per heavy atom. The fraction of sp³-hybridized carbons (Fsp3) is 0.429. The molecule has 2 amide bonds. The van der Waals surface area contributed by atoms with E-state index in [9.17, 15) is 18.4 Å². The first kappa shape index (κ1) is 15.4. The monoisotopic (exact) mass is 298 g/mol. The van der Waals surface area contributed by atoms with Crippen LogP contribution in [0.4, 0.5) is 8.78 Å². The normalized spacial score (nSPS) is 13.9. The standard InChI is InChI=1S/C14H16F2N2O3/c15-11-4-1-9(7-12(11)16)14(21)17-8-13(20)18(5-6-19)10-2-3-10/h1,4,7,10,19H,2-3,5-6,8H2,(H,17,21). The lowest BCUT2D eigenvalue weighted by Gasteiger charge is -2.21. The Kier molecular flexibility index (Phi) is 4.85. The van der Waals surface area contributed by atoms with Crippen LogP contribution in [0.25, 0.3) is 0 Å². The highest BCUT2D eigenvalue weighted by molar-refractivity contribution is 5.96. The van der Waals surface area contributed by atoms with Gasteiger partial charge in [-0.05, 0) is 31.0 Å². The van der Waals surface area contributed by atoms with E-state index < -0.39 is 17.5 Å². The maximum atomic E-state index is 13.0. The average Bonchev–Trinajstić information content (AvgIpc) is 3.29. The fourth-order valence-electron chi connectivity index (χ4n) is 2.00. The van der Waals surface area contributed by atoms with E-state index in [1.807, 2.05) is 0 Å².